The minimum Gasteiger partial charge on any atom is -0.229 e. The molecular formula is C12H21NO4S2. The van der Waals surface area contributed by atoms with E-state index in [0.29, 0.717) is 18.4 Å². The molecule has 3 rings (SSSR count). The average molecular weight is 307 g/mol. The first-order chi connectivity index (χ1) is 8.86. The Bertz CT molecular complexity index is 554. The monoisotopic (exact) mass is 307 g/mol. The number of sulfonamides is 1. The van der Waals surface area contributed by atoms with Crippen molar-refractivity contribution in [1.29, 1.82) is 0 Å². The van der Waals surface area contributed by atoms with Gasteiger partial charge in [0, 0.05) is 6.54 Å². The fourth-order valence-electron chi connectivity index (χ4n) is 3.97. The third-order valence-electron chi connectivity index (χ3n) is 5.06. The molecule has 1 heterocycles. The van der Waals surface area contributed by atoms with Crippen LogP contribution >= 0.6 is 0 Å². The fraction of sp³-hybridized carbons (Fsp3) is 1.00. The molecule has 0 spiro atoms. The lowest BCUT2D eigenvalue weighted by Crippen LogP contribution is -2.38. The highest BCUT2D eigenvalue weighted by molar-refractivity contribution is 7.95. The third kappa shape index (κ3) is 2.83. The van der Waals surface area contributed by atoms with Crippen LogP contribution in [0.3, 0.4) is 0 Å². The van der Waals surface area contributed by atoms with Crippen LogP contribution < -0.4 is 4.72 Å². The normalized spacial score (nSPS) is 40.8. The van der Waals surface area contributed by atoms with Gasteiger partial charge in [0.15, 0.2) is 9.84 Å². The van der Waals surface area contributed by atoms with Gasteiger partial charge in [-0.25, -0.2) is 21.6 Å². The molecule has 19 heavy (non-hydrogen) atoms. The maximum Gasteiger partial charge on any atom is 0.215 e. The molecule has 2 aliphatic carbocycles. The van der Waals surface area contributed by atoms with Crippen LogP contribution in [0.2, 0.25) is 0 Å². The number of fused-ring (bicyclic) bond motifs is 2. The van der Waals surface area contributed by atoms with Gasteiger partial charge in [0.05, 0.1) is 16.8 Å². The summed E-state index contributed by atoms with van der Waals surface area (Å²) in [6, 6.07) is 0. The molecule has 1 saturated heterocycles. The summed E-state index contributed by atoms with van der Waals surface area (Å²) in [5.74, 6) is 1.74. The number of rotatable bonds is 4. The quantitative estimate of drug-likeness (QED) is 0.821. The minimum atomic E-state index is -3.46. The highest BCUT2D eigenvalue weighted by Gasteiger charge is 2.41. The van der Waals surface area contributed by atoms with E-state index in [4.69, 9.17) is 0 Å². The molecule has 4 atom stereocenters. The SMILES string of the molecule is O=S1(=O)CC[C@@H](S(=O)(=O)NC[C@H]2C[C@H]3CC[C@H]2C3)C1. The van der Waals surface area contributed by atoms with Crippen molar-refractivity contribution in [3.63, 3.8) is 0 Å². The van der Waals surface area contributed by atoms with E-state index in [2.05, 4.69) is 4.72 Å². The van der Waals surface area contributed by atoms with Crippen molar-refractivity contribution in [2.75, 3.05) is 18.1 Å². The summed E-state index contributed by atoms with van der Waals surface area (Å²) < 4.78 is 49.6. The second-order valence-electron chi connectivity index (χ2n) is 6.35. The van der Waals surface area contributed by atoms with Crippen LogP contribution in [-0.2, 0) is 19.9 Å². The van der Waals surface area contributed by atoms with Gasteiger partial charge in [0.25, 0.3) is 0 Å². The summed E-state index contributed by atoms with van der Waals surface area (Å²) in [5.41, 5.74) is 0. The summed E-state index contributed by atoms with van der Waals surface area (Å²) in [6.45, 7) is 0.500. The lowest BCUT2D eigenvalue weighted by atomic mass is 9.89. The lowest BCUT2D eigenvalue weighted by Gasteiger charge is -2.22. The van der Waals surface area contributed by atoms with Gasteiger partial charge < -0.3 is 0 Å². The first-order valence-corrected chi connectivity index (χ1v) is 10.4. The molecule has 2 bridgehead atoms. The summed E-state index contributed by atoms with van der Waals surface area (Å²) in [7, 11) is -6.61. The number of hydrogen-bond donors (Lipinski definition) is 1. The van der Waals surface area contributed by atoms with Crippen LogP contribution in [0, 0.1) is 17.8 Å². The van der Waals surface area contributed by atoms with Crippen LogP contribution in [-0.4, -0.2) is 40.1 Å². The zero-order valence-electron chi connectivity index (χ0n) is 10.9. The Labute approximate surface area is 115 Å². The van der Waals surface area contributed by atoms with Crippen molar-refractivity contribution >= 4 is 19.9 Å². The number of sulfone groups is 1. The Morgan fingerprint density at radius 3 is 2.42 bits per heavy atom. The van der Waals surface area contributed by atoms with Gasteiger partial charge in [-0.3, -0.25) is 0 Å². The summed E-state index contributed by atoms with van der Waals surface area (Å²) in [5, 5.41) is -0.740. The van der Waals surface area contributed by atoms with Crippen LogP contribution in [0.25, 0.3) is 0 Å². The molecule has 0 aromatic rings. The summed E-state index contributed by atoms with van der Waals surface area (Å²) in [6.07, 6.45) is 5.17. The van der Waals surface area contributed by atoms with Crippen LogP contribution in [0.5, 0.6) is 0 Å². The smallest absolute Gasteiger partial charge is 0.215 e. The van der Waals surface area contributed by atoms with Gasteiger partial charge in [-0.05, 0) is 43.4 Å². The predicted molar refractivity (Wildman–Crippen MR) is 72.9 cm³/mol. The molecule has 0 aromatic carbocycles. The second-order valence-corrected chi connectivity index (χ2v) is 10.6. The van der Waals surface area contributed by atoms with E-state index >= 15 is 0 Å². The summed E-state index contributed by atoms with van der Waals surface area (Å²) in [4.78, 5) is 0. The molecule has 0 unspecified atom stereocenters. The number of nitrogens with one attached hydrogen (secondary N) is 1. The molecule has 0 radical (unpaired) electrons. The first-order valence-electron chi connectivity index (χ1n) is 7.04. The maximum atomic E-state index is 12.1. The molecule has 3 fully saturated rings. The molecule has 1 aliphatic heterocycles. The molecule has 7 heteroatoms. The zero-order valence-corrected chi connectivity index (χ0v) is 12.5. The topological polar surface area (TPSA) is 80.3 Å². The van der Waals surface area contributed by atoms with E-state index < -0.39 is 25.1 Å². The molecule has 2 saturated carbocycles. The van der Waals surface area contributed by atoms with Crippen molar-refractivity contribution in [3.05, 3.63) is 0 Å². The van der Waals surface area contributed by atoms with E-state index in [-0.39, 0.29) is 17.9 Å². The second kappa shape index (κ2) is 4.70. The van der Waals surface area contributed by atoms with Gasteiger partial charge in [-0.1, -0.05) is 6.42 Å². The molecule has 5 nitrogen and oxygen atoms in total. The van der Waals surface area contributed by atoms with E-state index in [9.17, 15) is 16.8 Å². The highest BCUT2D eigenvalue weighted by Crippen LogP contribution is 2.48. The third-order valence-corrected chi connectivity index (χ3v) is 8.89. The highest BCUT2D eigenvalue weighted by atomic mass is 32.2. The Kier molecular flexibility index (Phi) is 3.42. The van der Waals surface area contributed by atoms with Gasteiger partial charge >= 0.3 is 0 Å². The van der Waals surface area contributed by atoms with Crippen molar-refractivity contribution in [3.8, 4) is 0 Å². The van der Waals surface area contributed by atoms with Gasteiger partial charge in [-0.2, -0.15) is 0 Å². The van der Waals surface area contributed by atoms with E-state index in [1.54, 1.807) is 0 Å². The van der Waals surface area contributed by atoms with Crippen molar-refractivity contribution in [2.24, 2.45) is 17.8 Å². The Hall–Kier alpha value is -0.140. The Morgan fingerprint density at radius 1 is 1.11 bits per heavy atom. The van der Waals surface area contributed by atoms with Crippen molar-refractivity contribution < 1.29 is 16.8 Å². The molecule has 110 valence electrons. The van der Waals surface area contributed by atoms with Crippen LogP contribution in [0.4, 0.5) is 0 Å². The minimum absolute atomic E-state index is 0.00665. The summed E-state index contributed by atoms with van der Waals surface area (Å²) >= 11 is 0. The molecule has 0 amide bonds. The molecular weight excluding hydrogens is 286 g/mol. The predicted octanol–water partition coefficient (Wildman–Crippen LogP) is 0.529. The largest absolute Gasteiger partial charge is 0.229 e. The maximum absolute atomic E-state index is 12.1. The average Bonchev–Trinajstić information content (AvgIpc) is 3.01. The van der Waals surface area contributed by atoms with E-state index in [1.807, 2.05) is 0 Å². The Morgan fingerprint density at radius 2 is 1.89 bits per heavy atom. The number of hydrogen-bond acceptors (Lipinski definition) is 4. The van der Waals surface area contributed by atoms with Gasteiger partial charge in [0.2, 0.25) is 10.0 Å². The van der Waals surface area contributed by atoms with E-state index in [1.165, 1.54) is 19.3 Å². The molecule has 3 aliphatic rings. The first kappa shape index (κ1) is 13.8. The zero-order chi connectivity index (χ0) is 13.7. The van der Waals surface area contributed by atoms with Crippen LogP contribution in [0.1, 0.15) is 32.1 Å². The van der Waals surface area contributed by atoms with Gasteiger partial charge in [-0.15, -0.1) is 0 Å². The fourth-order valence-corrected chi connectivity index (χ4v) is 8.11. The lowest BCUT2D eigenvalue weighted by molar-refractivity contribution is 0.332. The van der Waals surface area contributed by atoms with Gasteiger partial charge in [0.1, 0.15) is 0 Å². The van der Waals surface area contributed by atoms with Crippen LogP contribution in [0.15, 0.2) is 0 Å². The van der Waals surface area contributed by atoms with Crippen molar-refractivity contribution in [1.82, 2.24) is 4.72 Å². The van der Waals surface area contributed by atoms with E-state index in [0.717, 1.165) is 12.3 Å². The Balaban J connectivity index is 1.57. The van der Waals surface area contributed by atoms with Crippen molar-refractivity contribution in [2.45, 2.75) is 37.4 Å². The standard InChI is InChI=1S/C12H21NO4S2/c14-18(15)4-3-12(8-18)19(16,17)13-7-11-6-9-1-2-10(11)5-9/h9-13H,1-8H2/t9-,10-,11+,12+/m0/s1. The molecule has 1 N–H and O–H groups in total. The molecule has 0 aromatic heterocycles.